The van der Waals surface area contributed by atoms with Crippen LogP contribution in [0.3, 0.4) is 0 Å². The van der Waals surface area contributed by atoms with Crippen molar-refractivity contribution in [2.75, 3.05) is 4.90 Å². The zero-order chi connectivity index (χ0) is 22.5. The fourth-order valence-corrected chi connectivity index (χ4v) is 4.62. The minimum absolute atomic E-state index is 0.171. The van der Waals surface area contributed by atoms with E-state index in [0.717, 1.165) is 33.5 Å². The Morgan fingerprint density at radius 2 is 1.91 bits per heavy atom. The zero-order valence-corrected chi connectivity index (χ0v) is 19.6. The molecule has 5 rings (SSSR count). The largest absolute Gasteiger partial charge is 0.294 e. The van der Waals surface area contributed by atoms with E-state index in [9.17, 15) is 9.59 Å². The van der Waals surface area contributed by atoms with Crippen LogP contribution in [0.2, 0.25) is 0 Å². The van der Waals surface area contributed by atoms with E-state index in [0.29, 0.717) is 17.5 Å². The summed E-state index contributed by atoms with van der Waals surface area (Å²) in [7, 11) is 0. The molecule has 1 aliphatic heterocycles. The lowest BCUT2D eigenvalue weighted by molar-refractivity contribution is -0.128. The molecule has 0 aliphatic carbocycles. The third-order valence-corrected chi connectivity index (χ3v) is 6.74. The molecule has 4 aromatic rings. The molecule has 0 radical (unpaired) electrons. The van der Waals surface area contributed by atoms with Gasteiger partial charge in [0.2, 0.25) is 0 Å². The fourth-order valence-electron chi connectivity index (χ4n) is 4.20. The van der Waals surface area contributed by atoms with Crippen molar-refractivity contribution >= 4 is 51.1 Å². The number of benzene rings is 2. The van der Waals surface area contributed by atoms with Crippen molar-refractivity contribution in [1.82, 2.24) is 15.2 Å². The number of aromatic amines is 1. The molecule has 1 atom stereocenters. The highest BCUT2D eigenvalue weighted by Gasteiger charge is 2.49. The number of para-hydroxylation sites is 1. The van der Waals surface area contributed by atoms with Crippen LogP contribution in [0, 0.1) is 6.92 Å². The predicted octanol–water partition coefficient (Wildman–Crippen LogP) is 4.48. The van der Waals surface area contributed by atoms with E-state index in [1.807, 2.05) is 55.5 Å². The van der Waals surface area contributed by atoms with Crippen molar-refractivity contribution in [2.45, 2.75) is 25.9 Å². The lowest BCUT2D eigenvalue weighted by Crippen LogP contribution is -2.36. The highest BCUT2D eigenvalue weighted by molar-refractivity contribution is 14.1. The number of amides is 1. The first-order chi connectivity index (χ1) is 15.4. The first kappa shape index (κ1) is 20.8. The van der Waals surface area contributed by atoms with Crippen molar-refractivity contribution < 1.29 is 7.86 Å². The monoisotopic (exact) mass is 538 g/mol. The maximum absolute atomic E-state index is 13.4. The van der Waals surface area contributed by atoms with Gasteiger partial charge in [0.15, 0.2) is 5.60 Å². The molecule has 160 valence electrons. The number of aromatic nitrogens is 3. The molecular formula is C24H19IN4O3. The predicted molar refractivity (Wildman–Crippen MR) is 130 cm³/mol. The summed E-state index contributed by atoms with van der Waals surface area (Å²) in [5, 5.41) is 8.29. The second-order valence-electron chi connectivity index (χ2n) is 8.04. The number of anilines is 2. The molecule has 0 fully saturated rings. The lowest BCUT2D eigenvalue weighted by Gasteiger charge is -2.21. The standard InChI is InChI=1S/C24H19IN4O3/c1-14-7-8-17-18(9-14)20(27-28-22(17)30)11-15-10-16(13-26-12-15)29-21-6-4-3-5-19(21)24(2,32-25)23(29)31/h3-10,12-13H,11H2,1-2H3,(H,28,30). The minimum atomic E-state index is -1.07. The molecule has 32 heavy (non-hydrogen) atoms. The molecule has 2 aromatic heterocycles. The summed E-state index contributed by atoms with van der Waals surface area (Å²) < 4.78 is 5.60. The molecule has 1 unspecified atom stereocenters. The highest BCUT2D eigenvalue weighted by atomic mass is 127. The van der Waals surface area contributed by atoms with Crippen LogP contribution in [0.15, 0.2) is 65.7 Å². The molecule has 0 saturated carbocycles. The van der Waals surface area contributed by atoms with E-state index < -0.39 is 5.60 Å². The molecule has 0 saturated heterocycles. The van der Waals surface area contributed by atoms with Gasteiger partial charge in [0, 0.05) is 23.6 Å². The normalized spacial score (nSPS) is 17.7. The maximum atomic E-state index is 13.4. The number of carbonyl (C=O) groups excluding carboxylic acids is 1. The third kappa shape index (κ3) is 3.21. The number of nitrogens with one attached hydrogen (secondary N) is 1. The Kier molecular flexibility index (Phi) is 5.06. The first-order valence-corrected chi connectivity index (χ1v) is 11.0. The van der Waals surface area contributed by atoms with Gasteiger partial charge in [-0.2, -0.15) is 5.10 Å². The van der Waals surface area contributed by atoms with Crippen LogP contribution in [-0.4, -0.2) is 21.1 Å². The summed E-state index contributed by atoms with van der Waals surface area (Å²) in [4.78, 5) is 31.6. The summed E-state index contributed by atoms with van der Waals surface area (Å²) >= 11 is 1.78. The van der Waals surface area contributed by atoms with Crippen molar-refractivity contribution in [3.8, 4) is 0 Å². The topological polar surface area (TPSA) is 88.2 Å². The number of fused-ring (bicyclic) bond motifs is 2. The summed E-state index contributed by atoms with van der Waals surface area (Å²) in [6.07, 6.45) is 3.87. The number of aryl methyl sites for hydroxylation is 1. The van der Waals surface area contributed by atoms with Gasteiger partial charge in [-0.3, -0.25) is 22.5 Å². The SMILES string of the molecule is Cc1ccc2c(=O)[nH]nc(Cc3cncc(N4C(=O)C(C)(OI)c5ccccc54)c3)c2c1. The minimum Gasteiger partial charge on any atom is -0.294 e. The number of hydrogen-bond acceptors (Lipinski definition) is 5. The quantitative estimate of drug-likeness (QED) is 0.388. The number of rotatable bonds is 4. The average Bonchev–Trinajstić information content (AvgIpc) is 3.03. The van der Waals surface area contributed by atoms with Gasteiger partial charge in [-0.15, -0.1) is 0 Å². The first-order valence-electron chi connectivity index (χ1n) is 10.1. The van der Waals surface area contributed by atoms with Crippen LogP contribution >= 0.6 is 23.0 Å². The van der Waals surface area contributed by atoms with Crippen molar-refractivity contribution in [3.63, 3.8) is 0 Å². The molecule has 0 spiro atoms. The zero-order valence-electron chi connectivity index (χ0n) is 17.4. The van der Waals surface area contributed by atoms with Crippen LogP contribution in [0.1, 0.15) is 29.3 Å². The van der Waals surface area contributed by atoms with Crippen molar-refractivity contribution in [1.29, 1.82) is 0 Å². The number of carbonyl (C=O) groups is 1. The Morgan fingerprint density at radius 3 is 2.72 bits per heavy atom. The number of hydrogen-bond donors (Lipinski definition) is 1. The molecule has 3 heterocycles. The van der Waals surface area contributed by atoms with E-state index in [4.69, 9.17) is 3.07 Å². The summed E-state index contributed by atoms with van der Waals surface area (Å²) in [6.45, 7) is 3.76. The smallest absolute Gasteiger partial charge is 0.272 e. The fraction of sp³-hybridized carbons (Fsp3) is 0.167. The molecule has 1 N–H and O–H groups in total. The van der Waals surface area contributed by atoms with Crippen LogP contribution in [0.25, 0.3) is 10.8 Å². The van der Waals surface area contributed by atoms with Gasteiger partial charge in [-0.25, -0.2) is 5.10 Å². The van der Waals surface area contributed by atoms with E-state index >= 15 is 0 Å². The van der Waals surface area contributed by atoms with Gasteiger partial charge in [-0.05, 0) is 43.7 Å². The molecule has 1 aliphatic rings. The van der Waals surface area contributed by atoms with Crippen LogP contribution in [0.5, 0.6) is 0 Å². The van der Waals surface area contributed by atoms with E-state index in [-0.39, 0.29) is 11.5 Å². The van der Waals surface area contributed by atoms with Gasteiger partial charge >= 0.3 is 0 Å². The lowest BCUT2D eigenvalue weighted by atomic mass is 9.98. The molecule has 7 nitrogen and oxygen atoms in total. The van der Waals surface area contributed by atoms with Gasteiger partial charge in [-0.1, -0.05) is 29.8 Å². The molecule has 1 amide bonds. The molecular weight excluding hydrogens is 519 g/mol. The van der Waals surface area contributed by atoms with Crippen molar-refractivity contribution in [3.05, 3.63) is 93.7 Å². The van der Waals surface area contributed by atoms with Crippen molar-refractivity contribution in [2.24, 2.45) is 0 Å². The van der Waals surface area contributed by atoms with Crippen LogP contribution in [-0.2, 0) is 19.9 Å². The van der Waals surface area contributed by atoms with Gasteiger partial charge in [0.05, 0.1) is 28.7 Å². The Morgan fingerprint density at radius 1 is 1.09 bits per heavy atom. The van der Waals surface area contributed by atoms with Crippen LogP contribution < -0.4 is 10.5 Å². The Labute approximate surface area is 198 Å². The number of halogens is 1. The summed E-state index contributed by atoms with van der Waals surface area (Å²) in [5.74, 6) is -0.171. The third-order valence-electron chi connectivity index (χ3n) is 5.86. The van der Waals surface area contributed by atoms with E-state index in [1.165, 1.54) is 0 Å². The van der Waals surface area contributed by atoms with Gasteiger partial charge < -0.3 is 0 Å². The summed E-state index contributed by atoms with van der Waals surface area (Å²) in [5.41, 5.74) is 3.63. The number of nitrogens with zero attached hydrogens (tertiary/aromatic N) is 3. The second kappa shape index (κ2) is 7.79. The average molecular weight is 538 g/mol. The number of H-pyrrole nitrogens is 1. The Bertz CT molecular complexity index is 1430. The van der Waals surface area contributed by atoms with E-state index in [1.54, 1.807) is 47.2 Å². The second-order valence-corrected chi connectivity index (χ2v) is 8.49. The number of pyridine rings is 1. The molecule has 8 heteroatoms. The Balaban J connectivity index is 1.57. The maximum Gasteiger partial charge on any atom is 0.272 e. The molecule has 0 bridgehead atoms. The summed E-state index contributed by atoms with van der Waals surface area (Å²) in [6, 6.07) is 15.2. The van der Waals surface area contributed by atoms with Gasteiger partial charge in [0.1, 0.15) is 23.0 Å². The van der Waals surface area contributed by atoms with Gasteiger partial charge in [0.25, 0.3) is 11.5 Å². The molecule has 2 aromatic carbocycles. The van der Waals surface area contributed by atoms with Crippen LogP contribution in [0.4, 0.5) is 11.4 Å². The highest BCUT2D eigenvalue weighted by Crippen LogP contribution is 2.46. The Hall–Kier alpha value is -3.11. The van der Waals surface area contributed by atoms with E-state index in [2.05, 4.69) is 15.2 Å².